The first-order valence-electron chi connectivity index (χ1n) is 7.72. The van der Waals surface area contributed by atoms with Gasteiger partial charge in [-0.1, -0.05) is 53.7 Å². The lowest BCUT2D eigenvalue weighted by atomic mass is 9.82. The highest BCUT2D eigenvalue weighted by molar-refractivity contribution is 5.55. The molecule has 118 valence electrons. The number of hydrogen-bond acceptors (Lipinski definition) is 4. The van der Waals surface area contributed by atoms with Crippen LogP contribution < -0.4 is 5.73 Å². The van der Waals surface area contributed by atoms with Crippen LogP contribution in [0.15, 0.2) is 53.1 Å². The molecule has 3 rings (SSSR count). The van der Waals surface area contributed by atoms with Crippen LogP contribution in [0.3, 0.4) is 0 Å². The molecule has 0 saturated carbocycles. The minimum Gasteiger partial charge on any atom is -0.338 e. The largest absolute Gasteiger partial charge is 0.338 e. The fourth-order valence-corrected chi connectivity index (χ4v) is 2.77. The van der Waals surface area contributed by atoms with Gasteiger partial charge in [-0.2, -0.15) is 4.98 Å². The maximum absolute atomic E-state index is 5.63. The highest BCUT2D eigenvalue weighted by Gasteiger charge is 2.31. The molecule has 2 aromatic carbocycles. The summed E-state index contributed by atoms with van der Waals surface area (Å²) in [6.07, 6.45) is 0. The van der Waals surface area contributed by atoms with Crippen molar-refractivity contribution in [2.24, 2.45) is 5.73 Å². The van der Waals surface area contributed by atoms with Gasteiger partial charge in [0, 0.05) is 12.1 Å². The third kappa shape index (κ3) is 2.90. The maximum atomic E-state index is 5.63. The van der Waals surface area contributed by atoms with Crippen molar-refractivity contribution < 1.29 is 4.52 Å². The Morgan fingerprint density at radius 2 is 1.74 bits per heavy atom. The first-order chi connectivity index (χ1) is 11.0. The lowest BCUT2D eigenvalue weighted by Gasteiger charge is -2.22. The van der Waals surface area contributed by atoms with Crippen LogP contribution in [0, 0.1) is 6.92 Å². The number of hydrogen-bond donors (Lipinski definition) is 1. The molecule has 0 bridgehead atoms. The maximum Gasteiger partial charge on any atom is 0.237 e. The summed E-state index contributed by atoms with van der Waals surface area (Å²) < 4.78 is 5.56. The zero-order chi connectivity index (χ0) is 16.4. The summed E-state index contributed by atoms with van der Waals surface area (Å²) in [4.78, 5) is 4.62. The van der Waals surface area contributed by atoms with Crippen molar-refractivity contribution in [3.8, 4) is 11.4 Å². The number of nitrogens with two attached hydrogens (primary N) is 1. The molecule has 23 heavy (non-hydrogen) atoms. The zero-order valence-electron chi connectivity index (χ0n) is 13.7. The molecule has 0 aliphatic heterocycles. The first kappa shape index (κ1) is 15.4. The Kier molecular flexibility index (Phi) is 4.01. The quantitative estimate of drug-likeness (QED) is 0.795. The predicted molar refractivity (Wildman–Crippen MR) is 90.9 cm³/mol. The van der Waals surface area contributed by atoms with Gasteiger partial charge in [-0.25, -0.2) is 0 Å². The van der Waals surface area contributed by atoms with Gasteiger partial charge in [0.2, 0.25) is 11.7 Å². The predicted octanol–water partition coefficient (Wildman–Crippen LogP) is 3.83. The van der Waals surface area contributed by atoms with Gasteiger partial charge >= 0.3 is 0 Å². The molecular weight excluding hydrogens is 286 g/mol. The van der Waals surface area contributed by atoms with Crippen LogP contribution >= 0.6 is 0 Å². The molecule has 2 N–H and O–H groups in total. The van der Waals surface area contributed by atoms with Crippen LogP contribution in [0.2, 0.25) is 0 Å². The van der Waals surface area contributed by atoms with Crippen molar-refractivity contribution in [3.63, 3.8) is 0 Å². The molecule has 0 saturated heterocycles. The monoisotopic (exact) mass is 307 g/mol. The topological polar surface area (TPSA) is 64.9 Å². The molecule has 1 aromatic heterocycles. The van der Waals surface area contributed by atoms with E-state index in [-0.39, 0.29) is 5.41 Å². The Morgan fingerprint density at radius 3 is 2.39 bits per heavy atom. The van der Waals surface area contributed by atoms with Crippen LogP contribution in [-0.2, 0) is 12.0 Å². The molecular formula is C19H21N3O. The minimum absolute atomic E-state index is 0.339. The summed E-state index contributed by atoms with van der Waals surface area (Å²) in [5.41, 5.74) is 9.70. The van der Waals surface area contributed by atoms with E-state index < -0.39 is 0 Å². The average Bonchev–Trinajstić information content (AvgIpc) is 3.06. The molecule has 0 radical (unpaired) electrons. The van der Waals surface area contributed by atoms with Crippen LogP contribution in [0.5, 0.6) is 0 Å². The fraction of sp³-hybridized carbons (Fsp3) is 0.263. The Labute approximate surface area is 136 Å². The van der Waals surface area contributed by atoms with Crippen molar-refractivity contribution in [1.29, 1.82) is 0 Å². The van der Waals surface area contributed by atoms with Gasteiger partial charge in [-0.3, -0.25) is 0 Å². The zero-order valence-corrected chi connectivity index (χ0v) is 13.7. The summed E-state index contributed by atoms with van der Waals surface area (Å²) in [6.45, 7) is 6.83. The van der Waals surface area contributed by atoms with Gasteiger partial charge in [-0.05, 0) is 37.5 Å². The summed E-state index contributed by atoms with van der Waals surface area (Å²) in [6, 6.07) is 16.2. The van der Waals surface area contributed by atoms with Gasteiger partial charge in [0.15, 0.2) is 0 Å². The van der Waals surface area contributed by atoms with Gasteiger partial charge in [0.25, 0.3) is 0 Å². The SMILES string of the molecule is Cc1ccccc1C(C)(C)c1nc(-c2ccc(CN)cc2)no1. The molecule has 0 fully saturated rings. The van der Waals surface area contributed by atoms with E-state index in [1.807, 2.05) is 36.4 Å². The average molecular weight is 307 g/mol. The van der Waals surface area contributed by atoms with E-state index >= 15 is 0 Å². The van der Waals surface area contributed by atoms with E-state index in [2.05, 4.69) is 43.0 Å². The lowest BCUT2D eigenvalue weighted by molar-refractivity contribution is 0.332. The number of rotatable bonds is 4. The fourth-order valence-electron chi connectivity index (χ4n) is 2.77. The summed E-state index contributed by atoms with van der Waals surface area (Å²) in [7, 11) is 0. The van der Waals surface area contributed by atoms with E-state index in [4.69, 9.17) is 10.3 Å². The molecule has 0 atom stereocenters. The molecule has 0 amide bonds. The minimum atomic E-state index is -0.339. The first-order valence-corrected chi connectivity index (χ1v) is 7.72. The van der Waals surface area contributed by atoms with Crippen molar-refractivity contribution in [2.45, 2.75) is 32.7 Å². The van der Waals surface area contributed by atoms with E-state index in [0.29, 0.717) is 18.3 Å². The molecule has 0 spiro atoms. The standard InChI is InChI=1S/C19H21N3O/c1-13-6-4-5-7-16(13)19(2,3)18-21-17(22-23-18)15-10-8-14(12-20)9-11-15/h4-11H,12,20H2,1-3H3. The summed E-state index contributed by atoms with van der Waals surface area (Å²) in [5, 5.41) is 4.15. The highest BCUT2D eigenvalue weighted by atomic mass is 16.5. The van der Waals surface area contributed by atoms with Crippen molar-refractivity contribution in [2.75, 3.05) is 0 Å². The van der Waals surface area contributed by atoms with E-state index in [0.717, 1.165) is 11.1 Å². The second-order valence-corrected chi connectivity index (χ2v) is 6.26. The second-order valence-electron chi connectivity index (χ2n) is 6.26. The van der Waals surface area contributed by atoms with Crippen LogP contribution in [0.25, 0.3) is 11.4 Å². The van der Waals surface area contributed by atoms with Gasteiger partial charge in [0.05, 0.1) is 5.41 Å². The van der Waals surface area contributed by atoms with Crippen LogP contribution in [0.4, 0.5) is 0 Å². The molecule has 0 unspecified atom stereocenters. The third-order valence-corrected chi connectivity index (χ3v) is 4.23. The summed E-state index contributed by atoms with van der Waals surface area (Å²) >= 11 is 0. The normalized spacial score (nSPS) is 11.7. The molecule has 0 aliphatic rings. The number of aryl methyl sites for hydroxylation is 1. The summed E-state index contributed by atoms with van der Waals surface area (Å²) in [5.74, 6) is 1.22. The van der Waals surface area contributed by atoms with Gasteiger partial charge < -0.3 is 10.3 Å². The van der Waals surface area contributed by atoms with Crippen LogP contribution in [-0.4, -0.2) is 10.1 Å². The van der Waals surface area contributed by atoms with Crippen molar-refractivity contribution >= 4 is 0 Å². The van der Waals surface area contributed by atoms with Gasteiger partial charge in [-0.15, -0.1) is 0 Å². The van der Waals surface area contributed by atoms with Crippen molar-refractivity contribution in [3.05, 3.63) is 71.1 Å². The Hall–Kier alpha value is -2.46. The van der Waals surface area contributed by atoms with E-state index in [1.165, 1.54) is 11.1 Å². The molecule has 4 nitrogen and oxygen atoms in total. The molecule has 0 aliphatic carbocycles. The Bertz CT molecular complexity index is 803. The number of benzene rings is 2. The smallest absolute Gasteiger partial charge is 0.237 e. The van der Waals surface area contributed by atoms with E-state index in [1.54, 1.807) is 0 Å². The van der Waals surface area contributed by atoms with Crippen molar-refractivity contribution in [1.82, 2.24) is 10.1 Å². The van der Waals surface area contributed by atoms with Gasteiger partial charge in [0.1, 0.15) is 0 Å². The second kappa shape index (κ2) is 5.97. The lowest BCUT2D eigenvalue weighted by Crippen LogP contribution is -2.20. The van der Waals surface area contributed by atoms with E-state index in [9.17, 15) is 0 Å². The number of aromatic nitrogens is 2. The Balaban J connectivity index is 1.96. The molecule has 1 heterocycles. The van der Waals surface area contributed by atoms with Crippen LogP contribution in [0.1, 0.15) is 36.4 Å². The molecule has 4 heteroatoms. The molecule has 3 aromatic rings. The Morgan fingerprint density at radius 1 is 1.04 bits per heavy atom. The third-order valence-electron chi connectivity index (χ3n) is 4.23. The highest BCUT2D eigenvalue weighted by Crippen LogP contribution is 2.33. The number of nitrogens with zero attached hydrogens (tertiary/aromatic N) is 2.